The van der Waals surface area contributed by atoms with Crippen LogP contribution >= 0.6 is 0 Å². The molecule has 0 bridgehead atoms. The zero-order chi connectivity index (χ0) is 17.1. The molecular formula is C20H24N2O2. The van der Waals surface area contributed by atoms with Gasteiger partial charge >= 0.3 is 6.03 Å². The van der Waals surface area contributed by atoms with Crippen LogP contribution in [0.15, 0.2) is 48.5 Å². The van der Waals surface area contributed by atoms with Crippen LogP contribution in [-0.4, -0.2) is 29.2 Å². The summed E-state index contributed by atoms with van der Waals surface area (Å²) >= 11 is 0. The fraction of sp³-hybridized carbons (Fsp3) is 0.350. The van der Waals surface area contributed by atoms with Gasteiger partial charge in [-0.05, 0) is 37.0 Å². The molecule has 0 spiro atoms. The number of hydrogen-bond acceptors (Lipinski definition) is 2. The lowest BCUT2D eigenvalue weighted by Gasteiger charge is -2.37. The fourth-order valence-corrected chi connectivity index (χ4v) is 3.30. The molecule has 1 aliphatic heterocycles. The summed E-state index contributed by atoms with van der Waals surface area (Å²) in [5, 5.41) is 12.9. The van der Waals surface area contributed by atoms with Crippen LogP contribution < -0.4 is 5.32 Å². The van der Waals surface area contributed by atoms with Gasteiger partial charge in [-0.15, -0.1) is 0 Å². The molecule has 0 aliphatic carbocycles. The Balaban J connectivity index is 1.74. The van der Waals surface area contributed by atoms with Crippen LogP contribution in [0.1, 0.15) is 41.3 Å². The van der Waals surface area contributed by atoms with Crippen LogP contribution in [-0.2, 0) is 6.42 Å². The Morgan fingerprint density at radius 2 is 1.96 bits per heavy atom. The fourth-order valence-electron chi connectivity index (χ4n) is 3.30. The first-order valence-corrected chi connectivity index (χ1v) is 8.42. The average molecular weight is 324 g/mol. The number of urea groups is 1. The lowest BCUT2D eigenvalue weighted by atomic mass is 9.93. The van der Waals surface area contributed by atoms with Gasteiger partial charge in [-0.1, -0.05) is 54.1 Å². The second-order valence-electron chi connectivity index (χ2n) is 6.42. The van der Waals surface area contributed by atoms with Crippen molar-refractivity contribution in [3.63, 3.8) is 0 Å². The van der Waals surface area contributed by atoms with Crippen molar-refractivity contribution in [1.29, 1.82) is 0 Å². The van der Waals surface area contributed by atoms with Crippen molar-refractivity contribution >= 4 is 6.03 Å². The maximum atomic E-state index is 12.7. The topological polar surface area (TPSA) is 52.6 Å². The first-order valence-electron chi connectivity index (χ1n) is 8.42. The van der Waals surface area contributed by atoms with Gasteiger partial charge in [-0.3, -0.25) is 0 Å². The quantitative estimate of drug-likeness (QED) is 0.909. The van der Waals surface area contributed by atoms with E-state index < -0.39 is 0 Å². The largest absolute Gasteiger partial charge is 0.394 e. The predicted octanol–water partition coefficient (Wildman–Crippen LogP) is 3.36. The Hall–Kier alpha value is -2.33. The average Bonchev–Trinajstić information content (AvgIpc) is 2.61. The lowest BCUT2D eigenvalue weighted by molar-refractivity contribution is 0.125. The number of benzene rings is 2. The first-order chi connectivity index (χ1) is 11.6. The van der Waals surface area contributed by atoms with E-state index in [4.69, 9.17) is 0 Å². The van der Waals surface area contributed by atoms with Gasteiger partial charge < -0.3 is 15.3 Å². The van der Waals surface area contributed by atoms with Gasteiger partial charge in [0.05, 0.1) is 18.7 Å². The molecule has 2 unspecified atom stereocenters. The van der Waals surface area contributed by atoms with Gasteiger partial charge in [0.15, 0.2) is 0 Å². The molecule has 2 aromatic rings. The standard InChI is InChI=1S/C20H24N2O2/c1-14-7-9-16(10-8-14)15(2)21-20(24)22-12-11-17-5-3-4-6-18(17)19(22)13-23/h3-10,15,19,23H,11-13H2,1-2H3,(H,21,24). The molecule has 4 nitrogen and oxygen atoms in total. The molecule has 0 saturated heterocycles. The highest BCUT2D eigenvalue weighted by Crippen LogP contribution is 2.29. The van der Waals surface area contributed by atoms with E-state index in [0.29, 0.717) is 6.54 Å². The minimum absolute atomic E-state index is 0.0661. The number of hydrogen-bond donors (Lipinski definition) is 2. The molecule has 2 amide bonds. The van der Waals surface area contributed by atoms with Gasteiger partial charge in [0.25, 0.3) is 0 Å². The lowest BCUT2D eigenvalue weighted by Crippen LogP contribution is -2.47. The van der Waals surface area contributed by atoms with Crippen LogP contribution in [0.3, 0.4) is 0 Å². The maximum absolute atomic E-state index is 12.7. The zero-order valence-corrected chi connectivity index (χ0v) is 14.2. The third-order valence-electron chi connectivity index (χ3n) is 4.76. The molecule has 2 N–H and O–H groups in total. The number of carbonyl (C=O) groups excluding carboxylic acids is 1. The van der Waals surface area contributed by atoms with Gasteiger partial charge in [-0.25, -0.2) is 4.79 Å². The summed E-state index contributed by atoms with van der Waals surface area (Å²) in [5.74, 6) is 0. The zero-order valence-electron chi connectivity index (χ0n) is 14.2. The molecule has 0 radical (unpaired) electrons. The summed E-state index contributed by atoms with van der Waals surface area (Å²) in [5.41, 5.74) is 4.54. The highest BCUT2D eigenvalue weighted by molar-refractivity contribution is 5.75. The molecule has 3 rings (SSSR count). The molecule has 126 valence electrons. The van der Waals surface area contributed by atoms with E-state index in [-0.39, 0.29) is 24.7 Å². The minimum Gasteiger partial charge on any atom is -0.394 e. The van der Waals surface area contributed by atoms with Crippen molar-refractivity contribution in [3.05, 3.63) is 70.8 Å². The molecule has 2 aromatic carbocycles. The number of fused-ring (bicyclic) bond motifs is 1. The highest BCUT2D eigenvalue weighted by Gasteiger charge is 2.30. The van der Waals surface area contributed by atoms with Gasteiger partial charge in [0.2, 0.25) is 0 Å². The molecular weight excluding hydrogens is 300 g/mol. The molecule has 0 saturated carbocycles. The Bertz CT molecular complexity index is 712. The summed E-state index contributed by atoms with van der Waals surface area (Å²) < 4.78 is 0. The third-order valence-corrected chi connectivity index (χ3v) is 4.76. The van der Waals surface area contributed by atoms with Gasteiger partial charge in [0.1, 0.15) is 0 Å². The van der Waals surface area contributed by atoms with Crippen molar-refractivity contribution in [1.82, 2.24) is 10.2 Å². The number of aryl methyl sites for hydroxylation is 1. The molecule has 2 atom stereocenters. The van der Waals surface area contributed by atoms with Crippen molar-refractivity contribution in [2.75, 3.05) is 13.2 Å². The van der Waals surface area contributed by atoms with Crippen molar-refractivity contribution < 1.29 is 9.90 Å². The Morgan fingerprint density at radius 3 is 2.67 bits per heavy atom. The van der Waals surface area contributed by atoms with Gasteiger partial charge in [0, 0.05) is 6.54 Å². The van der Waals surface area contributed by atoms with E-state index in [1.807, 2.05) is 56.3 Å². The number of nitrogens with one attached hydrogen (secondary N) is 1. The normalized spacial score (nSPS) is 18.0. The Morgan fingerprint density at radius 1 is 1.25 bits per heavy atom. The Kier molecular flexibility index (Phi) is 4.86. The second kappa shape index (κ2) is 7.05. The molecule has 1 aliphatic rings. The van der Waals surface area contributed by atoms with E-state index in [0.717, 1.165) is 17.5 Å². The van der Waals surface area contributed by atoms with Gasteiger partial charge in [-0.2, -0.15) is 0 Å². The van der Waals surface area contributed by atoms with Crippen molar-refractivity contribution in [2.24, 2.45) is 0 Å². The number of rotatable bonds is 3. The molecule has 4 heteroatoms. The molecule has 0 aromatic heterocycles. The monoisotopic (exact) mass is 324 g/mol. The number of amides is 2. The van der Waals surface area contributed by atoms with E-state index in [1.54, 1.807) is 4.90 Å². The van der Waals surface area contributed by atoms with Crippen LogP contribution in [0.5, 0.6) is 0 Å². The summed E-state index contributed by atoms with van der Waals surface area (Å²) in [6.45, 7) is 4.58. The molecule has 0 fully saturated rings. The second-order valence-corrected chi connectivity index (χ2v) is 6.42. The highest BCUT2D eigenvalue weighted by atomic mass is 16.3. The number of nitrogens with zero attached hydrogens (tertiary/aromatic N) is 1. The summed E-state index contributed by atoms with van der Waals surface area (Å²) in [6.07, 6.45) is 0.818. The van der Waals surface area contributed by atoms with E-state index in [2.05, 4.69) is 11.4 Å². The Labute approximate surface area is 143 Å². The van der Waals surface area contributed by atoms with Crippen LogP contribution in [0.2, 0.25) is 0 Å². The molecule has 24 heavy (non-hydrogen) atoms. The van der Waals surface area contributed by atoms with Crippen LogP contribution in [0.25, 0.3) is 0 Å². The summed E-state index contributed by atoms with van der Waals surface area (Å²) in [7, 11) is 0. The number of aliphatic hydroxyl groups is 1. The SMILES string of the molecule is Cc1ccc(C(C)NC(=O)N2CCc3ccccc3C2CO)cc1. The minimum atomic E-state index is -0.278. The number of carbonyl (C=O) groups is 1. The predicted molar refractivity (Wildman–Crippen MR) is 94.8 cm³/mol. The maximum Gasteiger partial charge on any atom is 0.318 e. The summed E-state index contributed by atoms with van der Waals surface area (Å²) in [4.78, 5) is 14.5. The van der Waals surface area contributed by atoms with Crippen LogP contribution in [0, 0.1) is 6.92 Å². The smallest absolute Gasteiger partial charge is 0.318 e. The summed E-state index contributed by atoms with van der Waals surface area (Å²) in [6, 6.07) is 15.7. The van der Waals surface area contributed by atoms with Crippen molar-refractivity contribution in [2.45, 2.75) is 32.4 Å². The van der Waals surface area contributed by atoms with E-state index >= 15 is 0 Å². The molecule has 1 heterocycles. The van der Waals surface area contributed by atoms with E-state index in [9.17, 15) is 9.90 Å². The van der Waals surface area contributed by atoms with E-state index in [1.165, 1.54) is 11.1 Å². The van der Waals surface area contributed by atoms with Crippen LogP contribution in [0.4, 0.5) is 4.79 Å². The van der Waals surface area contributed by atoms with Crippen molar-refractivity contribution in [3.8, 4) is 0 Å². The number of aliphatic hydroxyl groups excluding tert-OH is 1. The first kappa shape index (κ1) is 16.5. The third kappa shape index (κ3) is 3.29.